The molecule has 0 spiro atoms. The first-order chi connectivity index (χ1) is 4.66. The topological polar surface area (TPSA) is 26.3 Å². The fourth-order valence-electron chi connectivity index (χ4n) is 0.363. The molecular formula is C6H10O2S2. The van der Waals surface area contributed by atoms with Gasteiger partial charge in [0, 0.05) is 4.20 Å². The molecule has 4 heteroatoms. The minimum atomic E-state index is -0.198. The van der Waals surface area contributed by atoms with Gasteiger partial charge in [0.2, 0.25) is 0 Å². The SMILES string of the molecule is CCOC(=O)CSC(C)=S. The van der Waals surface area contributed by atoms with E-state index in [0.717, 1.165) is 4.20 Å². The van der Waals surface area contributed by atoms with Gasteiger partial charge in [-0.15, -0.1) is 11.8 Å². The molecule has 0 radical (unpaired) electrons. The fourth-order valence-corrected chi connectivity index (χ4v) is 0.944. The lowest BCUT2D eigenvalue weighted by molar-refractivity contribution is -0.139. The van der Waals surface area contributed by atoms with E-state index in [4.69, 9.17) is 12.2 Å². The molecule has 0 unspecified atom stereocenters. The van der Waals surface area contributed by atoms with Gasteiger partial charge in [0.25, 0.3) is 0 Å². The van der Waals surface area contributed by atoms with Crippen LogP contribution < -0.4 is 0 Å². The molecule has 0 amide bonds. The van der Waals surface area contributed by atoms with Crippen LogP contribution in [0.3, 0.4) is 0 Å². The van der Waals surface area contributed by atoms with E-state index in [9.17, 15) is 4.79 Å². The molecule has 10 heavy (non-hydrogen) atoms. The third-order valence-corrected chi connectivity index (χ3v) is 1.84. The summed E-state index contributed by atoms with van der Waals surface area (Å²) >= 11 is 6.09. The highest BCUT2D eigenvalue weighted by molar-refractivity contribution is 8.23. The molecule has 0 atom stereocenters. The average Bonchev–Trinajstić information content (AvgIpc) is 1.85. The maximum Gasteiger partial charge on any atom is 0.316 e. The lowest BCUT2D eigenvalue weighted by Crippen LogP contribution is -2.07. The molecule has 2 nitrogen and oxygen atoms in total. The highest BCUT2D eigenvalue weighted by Gasteiger charge is 2.00. The molecule has 0 aliphatic rings. The predicted octanol–water partition coefficient (Wildman–Crippen LogP) is 1.63. The van der Waals surface area contributed by atoms with E-state index >= 15 is 0 Å². The number of thioether (sulfide) groups is 1. The van der Waals surface area contributed by atoms with E-state index < -0.39 is 0 Å². The third kappa shape index (κ3) is 6.04. The molecule has 0 fully saturated rings. The summed E-state index contributed by atoms with van der Waals surface area (Å²) in [5.41, 5.74) is 0. The van der Waals surface area contributed by atoms with Crippen LogP contribution in [0.2, 0.25) is 0 Å². The molecule has 0 bridgehead atoms. The van der Waals surface area contributed by atoms with Crippen molar-refractivity contribution in [2.75, 3.05) is 12.4 Å². The van der Waals surface area contributed by atoms with Gasteiger partial charge >= 0.3 is 5.97 Å². The molecule has 0 saturated carbocycles. The van der Waals surface area contributed by atoms with Crippen LogP contribution in [0, 0.1) is 0 Å². The van der Waals surface area contributed by atoms with Crippen LogP contribution in [-0.4, -0.2) is 22.5 Å². The van der Waals surface area contributed by atoms with E-state index in [1.165, 1.54) is 11.8 Å². The summed E-state index contributed by atoms with van der Waals surface area (Å²) in [5.74, 6) is 0.139. The highest BCUT2D eigenvalue weighted by Crippen LogP contribution is 2.03. The van der Waals surface area contributed by atoms with Crippen LogP contribution in [-0.2, 0) is 9.53 Å². The zero-order valence-corrected chi connectivity index (χ0v) is 7.68. The highest BCUT2D eigenvalue weighted by atomic mass is 32.2. The van der Waals surface area contributed by atoms with Crippen LogP contribution in [0.1, 0.15) is 13.8 Å². The Balaban J connectivity index is 3.30. The van der Waals surface area contributed by atoms with Gasteiger partial charge in [-0.2, -0.15) is 0 Å². The quantitative estimate of drug-likeness (QED) is 0.484. The fraction of sp³-hybridized carbons (Fsp3) is 0.667. The number of carbonyl (C=O) groups is 1. The lowest BCUT2D eigenvalue weighted by atomic mass is 10.8. The normalized spacial score (nSPS) is 9.00. The van der Waals surface area contributed by atoms with Crippen molar-refractivity contribution >= 4 is 34.1 Å². The predicted molar refractivity (Wildman–Crippen MR) is 47.4 cm³/mol. The van der Waals surface area contributed by atoms with Gasteiger partial charge in [-0.3, -0.25) is 4.79 Å². The molecular weight excluding hydrogens is 168 g/mol. The minimum absolute atomic E-state index is 0.198. The van der Waals surface area contributed by atoms with Crippen molar-refractivity contribution in [3.8, 4) is 0 Å². The van der Waals surface area contributed by atoms with Gasteiger partial charge in [-0.05, 0) is 13.8 Å². The summed E-state index contributed by atoms with van der Waals surface area (Å²) in [4.78, 5) is 10.6. The zero-order chi connectivity index (χ0) is 7.98. The standard InChI is InChI=1S/C6H10O2S2/c1-3-8-6(7)4-10-5(2)9/h3-4H2,1-2H3. The van der Waals surface area contributed by atoms with Gasteiger partial charge in [-0.25, -0.2) is 0 Å². The second kappa shape index (κ2) is 5.68. The molecule has 0 aromatic carbocycles. The van der Waals surface area contributed by atoms with E-state index in [1.54, 1.807) is 13.8 Å². The van der Waals surface area contributed by atoms with Crippen LogP contribution in [0.4, 0.5) is 0 Å². The molecule has 58 valence electrons. The Kier molecular flexibility index (Phi) is 5.63. The summed E-state index contributed by atoms with van der Waals surface area (Å²) in [6.07, 6.45) is 0. The molecule has 0 heterocycles. The Morgan fingerprint density at radius 3 is 2.70 bits per heavy atom. The van der Waals surface area contributed by atoms with Crippen molar-refractivity contribution in [2.45, 2.75) is 13.8 Å². The Labute approximate surface area is 70.3 Å². The number of thiocarbonyl (C=S) groups is 1. The summed E-state index contributed by atoms with van der Waals surface area (Å²) < 4.78 is 5.44. The van der Waals surface area contributed by atoms with Crippen molar-refractivity contribution in [2.24, 2.45) is 0 Å². The first-order valence-electron chi connectivity index (χ1n) is 2.95. The summed E-state index contributed by atoms with van der Waals surface area (Å²) in [6, 6.07) is 0. The summed E-state index contributed by atoms with van der Waals surface area (Å²) in [5, 5.41) is 0. The smallest absolute Gasteiger partial charge is 0.316 e. The van der Waals surface area contributed by atoms with Crippen LogP contribution in [0.25, 0.3) is 0 Å². The van der Waals surface area contributed by atoms with Gasteiger partial charge < -0.3 is 4.74 Å². The zero-order valence-electron chi connectivity index (χ0n) is 6.05. The number of hydrogen-bond donors (Lipinski definition) is 0. The Bertz CT molecular complexity index is 134. The number of esters is 1. The molecule has 0 aromatic rings. The Morgan fingerprint density at radius 2 is 2.30 bits per heavy atom. The number of hydrogen-bond acceptors (Lipinski definition) is 4. The molecule has 0 saturated heterocycles. The van der Waals surface area contributed by atoms with Crippen molar-refractivity contribution in [1.29, 1.82) is 0 Å². The van der Waals surface area contributed by atoms with Crippen LogP contribution in [0.15, 0.2) is 0 Å². The summed E-state index contributed by atoms with van der Waals surface area (Å²) in [6.45, 7) is 4.02. The maximum atomic E-state index is 10.6. The van der Waals surface area contributed by atoms with Gasteiger partial charge in [-0.1, -0.05) is 12.2 Å². The maximum absolute atomic E-state index is 10.6. The Hall–Kier alpha value is -0.0900. The van der Waals surface area contributed by atoms with E-state index in [1.807, 2.05) is 0 Å². The largest absolute Gasteiger partial charge is 0.465 e. The second-order valence-electron chi connectivity index (χ2n) is 1.59. The van der Waals surface area contributed by atoms with Crippen LogP contribution >= 0.6 is 24.0 Å². The third-order valence-electron chi connectivity index (χ3n) is 0.699. The first kappa shape index (κ1) is 9.91. The van der Waals surface area contributed by atoms with Gasteiger partial charge in [0.1, 0.15) is 0 Å². The Morgan fingerprint density at radius 1 is 1.70 bits per heavy atom. The number of ether oxygens (including phenoxy) is 1. The second-order valence-corrected chi connectivity index (χ2v) is 3.65. The number of carbonyl (C=O) groups excluding carboxylic acids is 1. The van der Waals surface area contributed by atoms with E-state index in [2.05, 4.69) is 4.74 Å². The average molecular weight is 178 g/mol. The van der Waals surface area contributed by atoms with E-state index in [-0.39, 0.29) is 5.97 Å². The minimum Gasteiger partial charge on any atom is -0.465 e. The van der Waals surface area contributed by atoms with Crippen molar-refractivity contribution in [3.63, 3.8) is 0 Å². The lowest BCUT2D eigenvalue weighted by Gasteiger charge is -1.98. The van der Waals surface area contributed by atoms with Gasteiger partial charge in [0.15, 0.2) is 0 Å². The van der Waals surface area contributed by atoms with Crippen molar-refractivity contribution < 1.29 is 9.53 Å². The monoisotopic (exact) mass is 178 g/mol. The molecule has 0 aliphatic heterocycles. The van der Waals surface area contributed by atoms with Gasteiger partial charge in [0.05, 0.1) is 12.4 Å². The van der Waals surface area contributed by atoms with Crippen LogP contribution in [0.5, 0.6) is 0 Å². The van der Waals surface area contributed by atoms with E-state index in [0.29, 0.717) is 12.4 Å². The number of rotatable bonds is 3. The molecule has 0 rings (SSSR count). The summed E-state index contributed by atoms with van der Waals surface area (Å²) in [7, 11) is 0. The molecule has 0 aliphatic carbocycles. The van der Waals surface area contributed by atoms with Crippen molar-refractivity contribution in [1.82, 2.24) is 0 Å². The molecule has 0 N–H and O–H groups in total. The first-order valence-corrected chi connectivity index (χ1v) is 4.35. The molecule has 0 aromatic heterocycles. The van der Waals surface area contributed by atoms with Crippen molar-refractivity contribution in [3.05, 3.63) is 0 Å².